The van der Waals surface area contributed by atoms with Gasteiger partial charge in [-0.1, -0.05) is 11.6 Å². The van der Waals surface area contributed by atoms with E-state index in [0.29, 0.717) is 42.3 Å². The molecule has 1 aliphatic carbocycles. The maximum Gasteiger partial charge on any atom is 0.248 e. The molecule has 0 bridgehead atoms. The summed E-state index contributed by atoms with van der Waals surface area (Å²) in [6.07, 6.45) is 5.39. The Morgan fingerprint density at radius 3 is 2.36 bits per heavy atom. The quantitative estimate of drug-likeness (QED) is 0.772. The molecule has 0 amide bonds. The number of rotatable bonds is 4. The lowest BCUT2D eigenvalue weighted by molar-refractivity contribution is 0.389. The molecule has 3 aliphatic rings. The highest BCUT2D eigenvalue weighted by atomic mass is 32.2. The first-order chi connectivity index (χ1) is 13.4. The van der Waals surface area contributed by atoms with Crippen molar-refractivity contribution in [3.05, 3.63) is 29.5 Å². The molecule has 9 heteroatoms. The van der Waals surface area contributed by atoms with E-state index >= 15 is 0 Å². The van der Waals surface area contributed by atoms with E-state index < -0.39 is 10.0 Å². The van der Waals surface area contributed by atoms with Gasteiger partial charge in [-0.2, -0.15) is 4.31 Å². The first kappa shape index (κ1) is 18.1. The van der Waals surface area contributed by atoms with Crippen LogP contribution in [0.5, 0.6) is 0 Å². The van der Waals surface area contributed by atoms with Gasteiger partial charge in [0, 0.05) is 43.9 Å². The highest BCUT2D eigenvalue weighted by Gasteiger charge is 2.46. The van der Waals surface area contributed by atoms with Crippen LogP contribution in [-0.4, -0.2) is 54.0 Å². The van der Waals surface area contributed by atoms with Gasteiger partial charge in [0.25, 0.3) is 0 Å². The monoisotopic (exact) mass is 403 g/mol. The van der Waals surface area contributed by atoms with Crippen LogP contribution in [-0.2, 0) is 10.0 Å². The zero-order chi connectivity index (χ0) is 19.5. The first-order valence-corrected chi connectivity index (χ1v) is 11.4. The molecule has 2 saturated heterocycles. The molecule has 2 aromatic heterocycles. The van der Waals surface area contributed by atoms with Crippen LogP contribution >= 0.6 is 0 Å². The van der Waals surface area contributed by atoms with Crippen LogP contribution in [0, 0.1) is 25.7 Å². The van der Waals surface area contributed by atoms with Crippen molar-refractivity contribution < 1.29 is 12.9 Å². The first-order valence-electron chi connectivity index (χ1n) is 9.93. The summed E-state index contributed by atoms with van der Waals surface area (Å²) in [6, 6.07) is 2.13. The summed E-state index contributed by atoms with van der Waals surface area (Å²) >= 11 is 0. The molecule has 0 spiro atoms. The zero-order valence-electron chi connectivity index (χ0n) is 16.2. The lowest BCUT2D eigenvalue weighted by Gasteiger charge is -2.26. The van der Waals surface area contributed by atoms with Crippen molar-refractivity contribution in [1.29, 1.82) is 0 Å². The molecule has 3 fully saturated rings. The maximum absolute atomic E-state index is 13.1. The van der Waals surface area contributed by atoms with E-state index in [2.05, 4.69) is 26.1 Å². The molecule has 1 saturated carbocycles. The number of nitrogens with zero attached hydrogens (tertiary/aromatic N) is 5. The van der Waals surface area contributed by atoms with Crippen molar-refractivity contribution in [3.63, 3.8) is 0 Å². The van der Waals surface area contributed by atoms with Crippen molar-refractivity contribution in [2.24, 2.45) is 11.8 Å². The lowest BCUT2D eigenvalue weighted by Crippen LogP contribution is -2.34. The molecular formula is C19H25N5O3S. The summed E-state index contributed by atoms with van der Waals surface area (Å²) in [7, 11) is -3.56. The Hall–Kier alpha value is -2.00. The molecule has 5 rings (SSSR count). The molecule has 0 N–H and O–H groups in total. The fourth-order valence-corrected chi connectivity index (χ4v) is 6.61. The van der Waals surface area contributed by atoms with Crippen molar-refractivity contribution >= 4 is 15.8 Å². The van der Waals surface area contributed by atoms with Gasteiger partial charge in [-0.3, -0.25) is 0 Å². The average molecular weight is 404 g/mol. The molecule has 2 atom stereocenters. The minimum Gasteiger partial charge on any atom is -0.360 e. The van der Waals surface area contributed by atoms with Crippen LogP contribution in [0.15, 0.2) is 21.8 Å². The van der Waals surface area contributed by atoms with Gasteiger partial charge in [-0.15, -0.1) is 0 Å². The number of sulfonamides is 1. The summed E-state index contributed by atoms with van der Waals surface area (Å²) in [5, 5.41) is 3.81. The Morgan fingerprint density at radius 2 is 1.79 bits per heavy atom. The van der Waals surface area contributed by atoms with Crippen LogP contribution in [0.4, 0.5) is 5.82 Å². The van der Waals surface area contributed by atoms with Crippen molar-refractivity contribution in [1.82, 2.24) is 19.4 Å². The molecule has 8 nitrogen and oxygen atoms in total. The van der Waals surface area contributed by atoms with Crippen molar-refractivity contribution in [2.75, 3.05) is 31.1 Å². The Morgan fingerprint density at radius 1 is 1.07 bits per heavy atom. The van der Waals surface area contributed by atoms with Gasteiger partial charge in [0.1, 0.15) is 22.7 Å². The second kappa shape index (κ2) is 6.52. The molecule has 2 unspecified atom stereocenters. The normalized spacial score (nSPS) is 25.9. The van der Waals surface area contributed by atoms with E-state index in [1.807, 2.05) is 0 Å². The summed E-state index contributed by atoms with van der Waals surface area (Å²) in [6.45, 7) is 6.07. The number of hydrogen-bond acceptors (Lipinski definition) is 7. The van der Waals surface area contributed by atoms with Gasteiger partial charge in [-0.25, -0.2) is 18.4 Å². The van der Waals surface area contributed by atoms with E-state index in [-0.39, 0.29) is 4.90 Å². The Bertz CT molecular complexity index is 967. The van der Waals surface area contributed by atoms with Crippen LogP contribution < -0.4 is 4.90 Å². The van der Waals surface area contributed by atoms with E-state index in [4.69, 9.17) is 4.52 Å². The maximum atomic E-state index is 13.1. The largest absolute Gasteiger partial charge is 0.360 e. The van der Waals surface area contributed by atoms with E-state index in [9.17, 15) is 8.42 Å². The topological polar surface area (TPSA) is 92.4 Å². The molecular weight excluding hydrogens is 378 g/mol. The van der Waals surface area contributed by atoms with Gasteiger partial charge >= 0.3 is 0 Å². The number of hydrogen-bond donors (Lipinski definition) is 0. The summed E-state index contributed by atoms with van der Waals surface area (Å²) < 4.78 is 32.8. The van der Waals surface area contributed by atoms with Gasteiger partial charge in [0.05, 0.1) is 0 Å². The Kier molecular flexibility index (Phi) is 4.20. The average Bonchev–Trinajstić information content (AvgIpc) is 3.27. The van der Waals surface area contributed by atoms with Gasteiger partial charge in [0.2, 0.25) is 10.0 Å². The highest BCUT2D eigenvalue weighted by molar-refractivity contribution is 7.89. The smallest absolute Gasteiger partial charge is 0.248 e. The minimum atomic E-state index is -3.56. The predicted molar refractivity (Wildman–Crippen MR) is 103 cm³/mol. The van der Waals surface area contributed by atoms with Crippen molar-refractivity contribution in [3.8, 4) is 0 Å². The molecule has 2 aliphatic heterocycles. The predicted octanol–water partition coefficient (Wildman–Crippen LogP) is 2.11. The summed E-state index contributed by atoms with van der Waals surface area (Å²) in [5.41, 5.74) is 1.58. The fraction of sp³-hybridized carbons (Fsp3) is 0.632. The lowest BCUT2D eigenvalue weighted by atomic mass is 9.83. The highest BCUT2D eigenvalue weighted by Crippen LogP contribution is 2.39. The van der Waals surface area contributed by atoms with Crippen LogP contribution in [0.3, 0.4) is 0 Å². The van der Waals surface area contributed by atoms with Crippen molar-refractivity contribution in [2.45, 2.75) is 43.9 Å². The Labute approximate surface area is 165 Å². The standard InChI is InChI=1S/C19H25N5O3S/c1-12-19(13(2)27-22-12)28(25,26)24-9-15-7-23(8-16(15)10-24)18-6-17(20-11-21-18)14-4-3-5-14/h6,11,14-16H,3-5,7-10H2,1-2H3. The third-order valence-corrected chi connectivity index (χ3v) is 8.62. The van der Waals surface area contributed by atoms with Gasteiger partial charge < -0.3 is 9.42 Å². The van der Waals surface area contributed by atoms with E-state index in [0.717, 1.165) is 24.6 Å². The van der Waals surface area contributed by atoms with Crippen LogP contribution in [0.2, 0.25) is 0 Å². The summed E-state index contributed by atoms with van der Waals surface area (Å²) in [5.74, 6) is 2.56. The van der Waals surface area contributed by atoms with Crippen LogP contribution in [0.25, 0.3) is 0 Å². The molecule has 4 heterocycles. The van der Waals surface area contributed by atoms with E-state index in [1.54, 1.807) is 24.5 Å². The molecule has 150 valence electrons. The van der Waals surface area contributed by atoms with Crippen LogP contribution in [0.1, 0.15) is 42.3 Å². The van der Waals surface area contributed by atoms with E-state index in [1.165, 1.54) is 19.3 Å². The molecule has 0 aromatic carbocycles. The van der Waals surface area contributed by atoms with Gasteiger partial charge in [-0.05, 0) is 38.5 Å². The SMILES string of the molecule is Cc1noc(C)c1S(=O)(=O)N1CC2CN(c3cc(C4CCC4)ncn3)CC2C1. The fourth-order valence-electron chi connectivity index (χ4n) is 4.77. The minimum absolute atomic E-state index is 0.227. The molecule has 2 aromatic rings. The third-order valence-electron chi connectivity index (χ3n) is 6.54. The second-order valence-corrected chi connectivity index (χ2v) is 10.2. The number of anilines is 1. The second-order valence-electron chi connectivity index (χ2n) is 8.33. The molecule has 0 radical (unpaired) electrons. The number of fused-ring (bicyclic) bond motifs is 1. The summed E-state index contributed by atoms with van der Waals surface area (Å²) in [4.78, 5) is 11.5. The zero-order valence-corrected chi connectivity index (χ0v) is 17.0. The third kappa shape index (κ3) is 2.83. The number of aryl methyl sites for hydroxylation is 2. The Balaban J connectivity index is 1.30. The molecule has 28 heavy (non-hydrogen) atoms. The number of aromatic nitrogens is 3. The van der Waals surface area contributed by atoms with Gasteiger partial charge in [0.15, 0.2) is 5.76 Å².